The lowest BCUT2D eigenvalue weighted by Gasteiger charge is -2.08. The van der Waals surface area contributed by atoms with E-state index in [1.54, 1.807) is 6.07 Å². The highest BCUT2D eigenvalue weighted by atomic mass is 32.2. The van der Waals surface area contributed by atoms with E-state index in [0.29, 0.717) is 11.2 Å². The van der Waals surface area contributed by atoms with Crippen molar-refractivity contribution in [2.24, 2.45) is 0 Å². The van der Waals surface area contributed by atoms with E-state index in [2.05, 4.69) is 16.5 Å². The Morgan fingerprint density at radius 3 is 2.53 bits per heavy atom. The van der Waals surface area contributed by atoms with Gasteiger partial charge in [-0.05, 0) is 18.6 Å². The number of nitrogens with zero attached hydrogens (tertiary/aromatic N) is 2. The summed E-state index contributed by atoms with van der Waals surface area (Å²) in [5.74, 6) is 0.939. The molecule has 0 aliphatic heterocycles. The van der Waals surface area contributed by atoms with Gasteiger partial charge in [-0.3, -0.25) is 0 Å². The lowest BCUT2D eigenvalue weighted by molar-refractivity contribution is 0.602. The Bertz CT molecular complexity index is 717. The second-order valence-corrected chi connectivity index (χ2v) is 6.70. The summed E-state index contributed by atoms with van der Waals surface area (Å²) in [6.45, 7) is 4.95. The van der Waals surface area contributed by atoms with Gasteiger partial charge in [-0.1, -0.05) is 13.8 Å². The molecule has 104 valence electrons. The van der Waals surface area contributed by atoms with Crippen molar-refractivity contribution in [2.75, 3.05) is 12.0 Å². The van der Waals surface area contributed by atoms with Gasteiger partial charge >= 0.3 is 0 Å². The molecule has 1 aromatic carbocycles. The van der Waals surface area contributed by atoms with Crippen molar-refractivity contribution in [1.82, 2.24) is 9.55 Å². The van der Waals surface area contributed by atoms with Crippen LogP contribution < -0.4 is 5.73 Å². The Morgan fingerprint density at radius 2 is 2.00 bits per heavy atom. The zero-order valence-corrected chi connectivity index (χ0v) is 12.3. The van der Waals surface area contributed by atoms with E-state index in [1.807, 2.05) is 6.92 Å². The average Bonchev–Trinajstić information content (AvgIpc) is 2.67. The first-order valence-corrected chi connectivity index (χ1v) is 8.26. The van der Waals surface area contributed by atoms with Crippen LogP contribution in [0.4, 0.5) is 5.69 Å². The normalized spacial score (nSPS) is 12.2. The molecule has 0 radical (unpaired) electrons. The van der Waals surface area contributed by atoms with E-state index in [-0.39, 0.29) is 4.90 Å². The van der Waals surface area contributed by atoms with Crippen molar-refractivity contribution >= 4 is 26.6 Å². The molecule has 0 amide bonds. The Kier molecular flexibility index (Phi) is 3.54. The molecule has 0 aliphatic rings. The number of aromatic nitrogens is 2. The monoisotopic (exact) mass is 281 g/mol. The van der Waals surface area contributed by atoms with Crippen LogP contribution in [-0.4, -0.2) is 24.2 Å². The smallest absolute Gasteiger partial charge is 0.175 e. The molecule has 1 aromatic heterocycles. The van der Waals surface area contributed by atoms with Gasteiger partial charge < -0.3 is 10.3 Å². The van der Waals surface area contributed by atoms with E-state index in [1.165, 1.54) is 12.3 Å². The predicted octanol–water partition coefficient (Wildman–Crippen LogP) is 1.99. The molecule has 0 spiro atoms. The SMILES string of the molecule is CCCn1c(CC)nc2cc(S(C)(=O)=O)cc(N)c21. The highest BCUT2D eigenvalue weighted by molar-refractivity contribution is 7.90. The summed E-state index contributed by atoms with van der Waals surface area (Å²) in [4.78, 5) is 4.73. The second kappa shape index (κ2) is 4.85. The van der Waals surface area contributed by atoms with Gasteiger partial charge in [0.25, 0.3) is 0 Å². The molecule has 0 atom stereocenters. The van der Waals surface area contributed by atoms with Gasteiger partial charge in [-0.25, -0.2) is 13.4 Å². The summed E-state index contributed by atoms with van der Waals surface area (Å²) in [5, 5.41) is 0. The van der Waals surface area contributed by atoms with E-state index < -0.39 is 9.84 Å². The Morgan fingerprint density at radius 1 is 1.32 bits per heavy atom. The summed E-state index contributed by atoms with van der Waals surface area (Å²) in [6.07, 6.45) is 2.95. The Balaban J connectivity index is 2.78. The minimum Gasteiger partial charge on any atom is -0.397 e. The van der Waals surface area contributed by atoms with Crippen molar-refractivity contribution in [3.05, 3.63) is 18.0 Å². The molecule has 0 unspecified atom stereocenters. The summed E-state index contributed by atoms with van der Waals surface area (Å²) in [7, 11) is -3.27. The van der Waals surface area contributed by atoms with E-state index >= 15 is 0 Å². The van der Waals surface area contributed by atoms with E-state index in [0.717, 1.165) is 30.7 Å². The summed E-state index contributed by atoms with van der Waals surface area (Å²) in [5.41, 5.74) is 8.00. The number of rotatable bonds is 4. The quantitative estimate of drug-likeness (QED) is 0.869. The van der Waals surface area contributed by atoms with Crippen LogP contribution in [0.15, 0.2) is 17.0 Å². The number of sulfone groups is 1. The maximum Gasteiger partial charge on any atom is 0.175 e. The van der Waals surface area contributed by atoms with Crippen LogP contribution in [0.3, 0.4) is 0 Å². The predicted molar refractivity (Wildman–Crippen MR) is 76.9 cm³/mol. The topological polar surface area (TPSA) is 78.0 Å². The molecule has 0 saturated heterocycles. The van der Waals surface area contributed by atoms with Gasteiger partial charge in [0, 0.05) is 19.2 Å². The third-order valence-corrected chi connectivity index (χ3v) is 4.21. The fourth-order valence-electron chi connectivity index (χ4n) is 2.27. The molecule has 2 N–H and O–H groups in total. The number of hydrogen-bond donors (Lipinski definition) is 1. The zero-order chi connectivity index (χ0) is 14.2. The maximum absolute atomic E-state index is 11.6. The lowest BCUT2D eigenvalue weighted by Crippen LogP contribution is -2.04. The molecule has 6 heteroatoms. The number of anilines is 1. The number of benzene rings is 1. The third kappa shape index (κ3) is 2.45. The van der Waals surface area contributed by atoms with Gasteiger partial charge in [0.15, 0.2) is 9.84 Å². The number of aryl methyl sites for hydroxylation is 2. The first-order valence-electron chi connectivity index (χ1n) is 6.37. The Labute approximate surface area is 113 Å². The number of fused-ring (bicyclic) bond motifs is 1. The van der Waals surface area contributed by atoms with Crippen molar-refractivity contribution in [3.63, 3.8) is 0 Å². The van der Waals surface area contributed by atoms with Gasteiger partial charge in [0.2, 0.25) is 0 Å². The standard InChI is InChI=1S/C13H19N3O2S/c1-4-6-16-12(5-2)15-11-8-9(19(3,17)18)7-10(14)13(11)16/h7-8H,4-6,14H2,1-3H3. The van der Waals surface area contributed by atoms with Crippen molar-refractivity contribution < 1.29 is 8.42 Å². The average molecular weight is 281 g/mol. The van der Waals surface area contributed by atoms with Crippen LogP contribution in [0, 0.1) is 0 Å². The largest absolute Gasteiger partial charge is 0.397 e. The van der Waals surface area contributed by atoms with Gasteiger partial charge in [-0.15, -0.1) is 0 Å². The maximum atomic E-state index is 11.6. The van der Waals surface area contributed by atoms with Crippen LogP contribution >= 0.6 is 0 Å². The van der Waals surface area contributed by atoms with Crippen molar-refractivity contribution in [1.29, 1.82) is 0 Å². The molecule has 2 rings (SSSR count). The van der Waals surface area contributed by atoms with Gasteiger partial charge in [0.05, 0.1) is 21.6 Å². The van der Waals surface area contributed by atoms with E-state index in [4.69, 9.17) is 5.73 Å². The minimum atomic E-state index is -3.27. The van der Waals surface area contributed by atoms with Crippen LogP contribution in [0.25, 0.3) is 11.0 Å². The first-order chi connectivity index (χ1) is 8.88. The highest BCUT2D eigenvalue weighted by Crippen LogP contribution is 2.27. The fraction of sp³-hybridized carbons (Fsp3) is 0.462. The summed E-state index contributed by atoms with van der Waals surface area (Å²) >= 11 is 0. The highest BCUT2D eigenvalue weighted by Gasteiger charge is 2.16. The lowest BCUT2D eigenvalue weighted by atomic mass is 10.2. The molecule has 0 saturated carbocycles. The molecule has 1 heterocycles. The minimum absolute atomic E-state index is 0.223. The van der Waals surface area contributed by atoms with Crippen LogP contribution in [0.1, 0.15) is 26.1 Å². The van der Waals surface area contributed by atoms with Crippen LogP contribution in [0.5, 0.6) is 0 Å². The first kappa shape index (κ1) is 13.9. The molecular formula is C13H19N3O2S. The molecule has 0 bridgehead atoms. The van der Waals surface area contributed by atoms with Crippen molar-refractivity contribution in [3.8, 4) is 0 Å². The van der Waals surface area contributed by atoms with E-state index in [9.17, 15) is 8.42 Å². The molecule has 0 aliphatic carbocycles. The van der Waals surface area contributed by atoms with Crippen LogP contribution in [0.2, 0.25) is 0 Å². The molecule has 0 fully saturated rings. The Hall–Kier alpha value is -1.56. The molecule has 19 heavy (non-hydrogen) atoms. The summed E-state index contributed by atoms with van der Waals surface area (Å²) in [6, 6.07) is 3.12. The number of nitrogens with two attached hydrogens (primary N) is 1. The third-order valence-electron chi connectivity index (χ3n) is 3.12. The number of imidazole rings is 1. The number of hydrogen-bond acceptors (Lipinski definition) is 4. The zero-order valence-electron chi connectivity index (χ0n) is 11.5. The van der Waals surface area contributed by atoms with Crippen molar-refractivity contribution in [2.45, 2.75) is 38.1 Å². The molecule has 2 aromatic rings. The molecular weight excluding hydrogens is 262 g/mol. The number of nitrogen functional groups attached to an aromatic ring is 1. The fourth-order valence-corrected chi connectivity index (χ4v) is 2.94. The summed E-state index contributed by atoms with van der Waals surface area (Å²) < 4.78 is 25.3. The van der Waals surface area contributed by atoms with Gasteiger partial charge in [-0.2, -0.15) is 0 Å². The molecule has 5 nitrogen and oxygen atoms in total. The van der Waals surface area contributed by atoms with Gasteiger partial charge in [0.1, 0.15) is 5.82 Å². The van der Waals surface area contributed by atoms with Crippen LogP contribution in [-0.2, 0) is 22.8 Å². The second-order valence-electron chi connectivity index (χ2n) is 4.69.